The molecule has 0 saturated carbocycles. The maximum atomic E-state index is 12.6. The van der Waals surface area contributed by atoms with Gasteiger partial charge in [-0.2, -0.15) is 15.5 Å². The molecule has 6 aliphatic rings. The minimum atomic E-state index is 0.107. The van der Waals surface area contributed by atoms with Gasteiger partial charge in [-0.25, -0.2) is 0 Å². The lowest BCUT2D eigenvalue weighted by molar-refractivity contribution is -0.129. The van der Waals surface area contributed by atoms with Crippen molar-refractivity contribution in [3.8, 4) is 28.6 Å². The molecule has 5 fully saturated rings. The van der Waals surface area contributed by atoms with Gasteiger partial charge in [0.2, 0.25) is 5.91 Å². The van der Waals surface area contributed by atoms with Crippen molar-refractivity contribution in [2.75, 3.05) is 80.3 Å². The highest BCUT2D eigenvalue weighted by atomic mass is 35.5. The van der Waals surface area contributed by atoms with Crippen LogP contribution in [0.4, 0.5) is 17.1 Å². The molecule has 0 radical (unpaired) electrons. The topological polar surface area (TPSA) is 115 Å². The minimum Gasteiger partial charge on any atom is -0.381 e. The third-order valence-corrected chi connectivity index (χ3v) is 17.9. The normalized spacial score (nSPS) is 22.9. The fraction of sp³-hybridized carbons (Fsp3) is 0.500. The van der Waals surface area contributed by atoms with Crippen LogP contribution in [0.1, 0.15) is 101 Å². The summed E-state index contributed by atoms with van der Waals surface area (Å²) in [4.78, 5) is 30.1. The van der Waals surface area contributed by atoms with Crippen LogP contribution in [-0.2, 0) is 22.5 Å². The second kappa shape index (κ2) is 20.2. The largest absolute Gasteiger partial charge is 0.381 e. The van der Waals surface area contributed by atoms with Gasteiger partial charge in [0.15, 0.2) is 0 Å². The Hall–Kier alpha value is -5.94. The standard InChI is InChI=1S/C58H68ClN11O2/c1-39-6-7-43-35-67(22-14-44(43)36-68(39)51-9-8-42(32-60)55(59)31-51)47-12-10-46(11-13-47)64-23-15-48(16-24-64)65-25-17-49(18-26-65)69-37-45(33-62-69)56-30-41-4-3-5-52(53(41)34-61-56)58-54-38-66(40(2)71)27-19-57(54)70(63-58)50-20-28-72-29-21-50/h3-5,8-13,30-31,33-34,37,39,43-44,48-50H,6-7,14-29,35-36,38H2,1-2H3/t39-,43?,44?/m0/s1. The van der Waals surface area contributed by atoms with Gasteiger partial charge in [0.25, 0.3) is 0 Å². The Bertz CT molecular complexity index is 2960. The Morgan fingerprint density at radius 1 is 0.764 bits per heavy atom. The van der Waals surface area contributed by atoms with E-state index in [1.807, 2.05) is 29.4 Å². The first-order valence-electron chi connectivity index (χ1n) is 26.9. The van der Waals surface area contributed by atoms with Crippen molar-refractivity contribution in [3.05, 3.63) is 107 Å². The van der Waals surface area contributed by atoms with E-state index in [1.54, 1.807) is 6.92 Å². The van der Waals surface area contributed by atoms with Crippen LogP contribution in [0, 0.1) is 23.2 Å². The van der Waals surface area contributed by atoms with E-state index in [-0.39, 0.29) is 5.91 Å². The first kappa shape index (κ1) is 47.1. The molecule has 3 atom stereocenters. The van der Waals surface area contributed by atoms with Crippen molar-refractivity contribution >= 4 is 45.3 Å². The number of piperidine rings is 3. The minimum absolute atomic E-state index is 0.107. The van der Waals surface area contributed by atoms with Crippen LogP contribution in [0.25, 0.3) is 33.3 Å². The van der Waals surface area contributed by atoms with Gasteiger partial charge in [-0.1, -0.05) is 29.8 Å². The number of pyridine rings is 1. The summed E-state index contributed by atoms with van der Waals surface area (Å²) in [6, 6.07) is 28.0. The number of rotatable bonds is 8. The van der Waals surface area contributed by atoms with Crippen LogP contribution >= 0.6 is 11.6 Å². The average Bonchev–Trinajstić information content (AvgIpc) is 4.04. The van der Waals surface area contributed by atoms with E-state index < -0.39 is 0 Å². The summed E-state index contributed by atoms with van der Waals surface area (Å²) in [6.45, 7) is 14.5. The van der Waals surface area contributed by atoms with Crippen molar-refractivity contribution in [2.24, 2.45) is 11.8 Å². The van der Waals surface area contributed by atoms with E-state index in [1.165, 1.54) is 48.3 Å². The predicted octanol–water partition coefficient (Wildman–Crippen LogP) is 10.2. The van der Waals surface area contributed by atoms with Crippen molar-refractivity contribution in [1.82, 2.24) is 34.3 Å². The molecule has 9 heterocycles. The number of amides is 1. The molecule has 1 amide bonds. The second-order valence-electron chi connectivity index (χ2n) is 21.7. The molecule has 374 valence electrons. The zero-order chi connectivity index (χ0) is 48.9. The van der Waals surface area contributed by atoms with Gasteiger partial charge in [-0.15, -0.1) is 0 Å². The van der Waals surface area contributed by atoms with Gasteiger partial charge in [0.1, 0.15) is 6.07 Å². The monoisotopic (exact) mass is 986 g/mol. The number of nitriles is 1. The quantitative estimate of drug-likeness (QED) is 0.146. The highest BCUT2D eigenvalue weighted by Crippen LogP contribution is 2.40. The molecule has 12 rings (SSSR count). The van der Waals surface area contributed by atoms with Crippen LogP contribution in [-0.4, -0.2) is 118 Å². The first-order chi connectivity index (χ1) is 35.2. The fourth-order valence-corrected chi connectivity index (χ4v) is 13.5. The molecule has 14 heteroatoms. The maximum absolute atomic E-state index is 12.6. The van der Waals surface area contributed by atoms with E-state index in [4.69, 9.17) is 31.5 Å². The third kappa shape index (κ3) is 9.24. The summed E-state index contributed by atoms with van der Waals surface area (Å²) in [5.41, 5.74) is 10.8. The number of anilines is 3. The van der Waals surface area contributed by atoms with Crippen LogP contribution in [0.2, 0.25) is 5.02 Å². The van der Waals surface area contributed by atoms with E-state index in [9.17, 15) is 10.1 Å². The van der Waals surface area contributed by atoms with E-state index in [0.717, 1.165) is 143 Å². The van der Waals surface area contributed by atoms with Crippen LogP contribution < -0.4 is 14.7 Å². The van der Waals surface area contributed by atoms with E-state index in [2.05, 4.69) is 103 Å². The van der Waals surface area contributed by atoms with Crippen LogP contribution in [0.3, 0.4) is 0 Å². The lowest BCUT2D eigenvalue weighted by atomic mass is 9.83. The molecule has 3 aromatic heterocycles. The smallest absolute Gasteiger partial charge is 0.219 e. The molecule has 3 aromatic carbocycles. The SMILES string of the molecule is CC(=O)N1CCc2c(c(-c3cccc4cc(-c5cnn(C6CCN(C7CCN(c8ccc(N9CCC%10CN(c%11ccc(C#N)c(Cl)c%11)[C@@H](C)CCC%10C9)cc8)CC7)CC6)c5)ncc34)nn2C2CCOCC2)C1. The number of fused-ring (bicyclic) bond motifs is 3. The molecule has 72 heavy (non-hydrogen) atoms. The highest BCUT2D eigenvalue weighted by molar-refractivity contribution is 6.32. The Labute approximate surface area is 429 Å². The number of ether oxygens (including phenoxy) is 1. The van der Waals surface area contributed by atoms with Crippen LogP contribution in [0.15, 0.2) is 85.3 Å². The molecular weight excluding hydrogens is 918 g/mol. The van der Waals surface area contributed by atoms with Gasteiger partial charge in [0.05, 0.1) is 40.3 Å². The number of benzene rings is 3. The number of hydrogen-bond donors (Lipinski definition) is 0. The number of carbonyl (C=O) groups excluding carboxylic acids is 1. The molecular formula is C58H68ClN11O2. The molecule has 0 N–H and O–H groups in total. The van der Waals surface area contributed by atoms with Gasteiger partial charge in [0, 0.05) is 155 Å². The molecule has 0 aliphatic carbocycles. The number of nitrogens with zero attached hydrogens (tertiary/aromatic N) is 11. The zero-order valence-corrected chi connectivity index (χ0v) is 42.8. The van der Waals surface area contributed by atoms with E-state index >= 15 is 0 Å². The summed E-state index contributed by atoms with van der Waals surface area (Å²) in [7, 11) is 0. The number of halogens is 1. The number of carbonyl (C=O) groups is 1. The second-order valence-corrected chi connectivity index (χ2v) is 22.1. The molecule has 13 nitrogen and oxygen atoms in total. The summed E-state index contributed by atoms with van der Waals surface area (Å²) < 4.78 is 10.2. The van der Waals surface area contributed by atoms with Crippen molar-refractivity contribution < 1.29 is 9.53 Å². The van der Waals surface area contributed by atoms with Crippen molar-refractivity contribution in [1.29, 1.82) is 5.26 Å². The Kier molecular flexibility index (Phi) is 13.2. The fourth-order valence-electron chi connectivity index (χ4n) is 13.3. The van der Waals surface area contributed by atoms with Gasteiger partial charge >= 0.3 is 0 Å². The zero-order valence-electron chi connectivity index (χ0n) is 42.0. The molecule has 0 spiro atoms. The van der Waals surface area contributed by atoms with Crippen LogP contribution in [0.5, 0.6) is 0 Å². The number of hydrogen-bond acceptors (Lipinski definition) is 10. The lowest BCUT2D eigenvalue weighted by Crippen LogP contribution is -2.48. The van der Waals surface area contributed by atoms with Gasteiger partial charge in [-0.3, -0.25) is 19.1 Å². The highest BCUT2D eigenvalue weighted by Gasteiger charge is 2.36. The Morgan fingerprint density at radius 2 is 1.50 bits per heavy atom. The predicted molar refractivity (Wildman–Crippen MR) is 286 cm³/mol. The maximum Gasteiger partial charge on any atom is 0.219 e. The summed E-state index contributed by atoms with van der Waals surface area (Å²) in [5, 5.41) is 22.4. The summed E-state index contributed by atoms with van der Waals surface area (Å²) in [5.74, 6) is 1.43. The number of aromatic nitrogens is 5. The summed E-state index contributed by atoms with van der Waals surface area (Å²) in [6.07, 6.45) is 17.1. The Morgan fingerprint density at radius 3 is 2.26 bits per heavy atom. The van der Waals surface area contributed by atoms with Crippen molar-refractivity contribution in [3.63, 3.8) is 0 Å². The molecule has 0 bridgehead atoms. The first-order valence-corrected chi connectivity index (χ1v) is 27.3. The molecule has 5 saturated heterocycles. The Balaban J connectivity index is 0.639. The number of likely N-dealkylation sites (tertiary alicyclic amines) is 1. The van der Waals surface area contributed by atoms with Crippen molar-refractivity contribution in [2.45, 2.75) is 109 Å². The van der Waals surface area contributed by atoms with Gasteiger partial charge in [-0.05, 0) is 130 Å². The summed E-state index contributed by atoms with van der Waals surface area (Å²) >= 11 is 6.48. The van der Waals surface area contributed by atoms with E-state index in [0.29, 0.717) is 53.1 Å². The van der Waals surface area contributed by atoms with Gasteiger partial charge < -0.3 is 29.2 Å². The third-order valence-electron chi connectivity index (χ3n) is 17.6. The molecule has 6 aromatic rings. The molecule has 6 aliphatic heterocycles. The molecule has 2 unspecified atom stereocenters. The lowest BCUT2D eigenvalue weighted by Gasteiger charge is -2.42. The average molecular weight is 987 g/mol.